The van der Waals surface area contributed by atoms with Crippen LogP contribution in [0.2, 0.25) is 0 Å². The first-order chi connectivity index (χ1) is 12.6. The molecule has 3 rings (SSSR count). The lowest BCUT2D eigenvalue weighted by Gasteiger charge is -2.11. The first kappa shape index (κ1) is 18.5. The maximum atomic E-state index is 12.3. The second kappa shape index (κ2) is 8.37. The Hall–Kier alpha value is -2.32. The molecule has 2 aromatic carbocycles. The molecule has 0 unspecified atom stereocenters. The minimum absolute atomic E-state index is 0.117. The van der Waals surface area contributed by atoms with Gasteiger partial charge in [0.05, 0.1) is 24.2 Å². The number of para-hydroxylation sites is 2. The van der Waals surface area contributed by atoms with Gasteiger partial charge in [-0.05, 0) is 52.7 Å². The Morgan fingerprint density at radius 3 is 2.88 bits per heavy atom. The van der Waals surface area contributed by atoms with Gasteiger partial charge in [0.25, 0.3) is 0 Å². The van der Waals surface area contributed by atoms with Crippen LogP contribution < -0.4 is 10.1 Å². The Labute approximate surface area is 164 Å². The van der Waals surface area contributed by atoms with Crippen LogP contribution in [0.5, 0.6) is 5.75 Å². The average molecular weight is 433 g/mol. The molecule has 1 aromatic heterocycles. The molecule has 6 nitrogen and oxygen atoms in total. The molecule has 0 atom stereocenters. The van der Waals surface area contributed by atoms with E-state index in [0.717, 1.165) is 21.4 Å². The van der Waals surface area contributed by atoms with E-state index in [-0.39, 0.29) is 11.7 Å². The number of rotatable bonds is 6. The van der Waals surface area contributed by atoms with Crippen molar-refractivity contribution < 1.29 is 9.53 Å². The van der Waals surface area contributed by atoms with Crippen LogP contribution in [0, 0.1) is 6.92 Å². The predicted octanol–water partition coefficient (Wildman–Crippen LogP) is 4.08. The summed E-state index contributed by atoms with van der Waals surface area (Å²) >= 11 is 4.77. The van der Waals surface area contributed by atoms with E-state index in [9.17, 15) is 4.79 Å². The highest BCUT2D eigenvalue weighted by atomic mass is 79.9. The van der Waals surface area contributed by atoms with Crippen LogP contribution in [-0.4, -0.2) is 33.5 Å². The van der Waals surface area contributed by atoms with Crippen LogP contribution in [-0.2, 0) is 4.79 Å². The highest BCUT2D eigenvalue weighted by molar-refractivity contribution is 9.10. The van der Waals surface area contributed by atoms with E-state index < -0.39 is 0 Å². The number of hydrogen-bond donors (Lipinski definition) is 1. The zero-order valence-corrected chi connectivity index (χ0v) is 16.7. The molecule has 3 aromatic rings. The van der Waals surface area contributed by atoms with Crippen LogP contribution >= 0.6 is 27.7 Å². The van der Waals surface area contributed by atoms with Crippen molar-refractivity contribution in [1.29, 1.82) is 0 Å². The predicted molar refractivity (Wildman–Crippen MR) is 106 cm³/mol. The van der Waals surface area contributed by atoms with E-state index in [2.05, 4.69) is 31.4 Å². The van der Waals surface area contributed by atoms with Crippen molar-refractivity contribution in [1.82, 2.24) is 14.8 Å². The second-order valence-corrected chi connectivity index (χ2v) is 7.27. The molecule has 134 valence electrons. The molecule has 0 aliphatic rings. The number of methoxy groups -OCH3 is 1. The molecule has 26 heavy (non-hydrogen) atoms. The molecular weight excluding hydrogens is 416 g/mol. The van der Waals surface area contributed by atoms with Crippen molar-refractivity contribution in [3.8, 4) is 11.4 Å². The van der Waals surface area contributed by atoms with Crippen molar-refractivity contribution in [2.45, 2.75) is 12.1 Å². The Kier molecular flexibility index (Phi) is 5.95. The van der Waals surface area contributed by atoms with Crippen LogP contribution in [0.1, 0.15) is 5.56 Å². The summed E-state index contributed by atoms with van der Waals surface area (Å²) in [7, 11) is 1.61. The third-order valence-corrected chi connectivity index (χ3v) is 5.19. The largest absolute Gasteiger partial charge is 0.495 e. The summed E-state index contributed by atoms with van der Waals surface area (Å²) in [5.41, 5.74) is 2.69. The van der Waals surface area contributed by atoms with Crippen molar-refractivity contribution >= 4 is 39.3 Å². The quantitative estimate of drug-likeness (QED) is 0.594. The van der Waals surface area contributed by atoms with Crippen molar-refractivity contribution in [3.63, 3.8) is 0 Å². The van der Waals surface area contributed by atoms with Crippen LogP contribution in [0.3, 0.4) is 0 Å². The Balaban J connectivity index is 1.69. The number of halogens is 1. The van der Waals surface area contributed by atoms with E-state index in [1.54, 1.807) is 18.0 Å². The minimum Gasteiger partial charge on any atom is -0.495 e. The first-order valence-electron chi connectivity index (χ1n) is 7.80. The zero-order chi connectivity index (χ0) is 18.5. The highest BCUT2D eigenvalue weighted by Gasteiger charge is 2.13. The topological polar surface area (TPSA) is 69.0 Å². The molecule has 1 heterocycles. The lowest BCUT2D eigenvalue weighted by Crippen LogP contribution is -2.15. The van der Waals surface area contributed by atoms with Gasteiger partial charge in [0, 0.05) is 4.47 Å². The van der Waals surface area contributed by atoms with E-state index in [1.165, 1.54) is 11.8 Å². The summed E-state index contributed by atoms with van der Waals surface area (Å²) in [4.78, 5) is 12.3. The number of nitrogens with zero attached hydrogens (tertiary/aromatic N) is 3. The Bertz CT molecular complexity index is 929. The number of benzene rings is 2. The summed E-state index contributed by atoms with van der Waals surface area (Å²) in [6.45, 7) is 2.00. The van der Waals surface area contributed by atoms with Gasteiger partial charge in [0.1, 0.15) is 12.1 Å². The monoisotopic (exact) mass is 432 g/mol. The van der Waals surface area contributed by atoms with Crippen LogP contribution in [0.25, 0.3) is 5.69 Å². The molecule has 0 aliphatic heterocycles. The van der Waals surface area contributed by atoms with Gasteiger partial charge in [-0.15, -0.1) is 10.2 Å². The maximum Gasteiger partial charge on any atom is 0.234 e. The van der Waals surface area contributed by atoms with Crippen LogP contribution in [0.4, 0.5) is 5.69 Å². The van der Waals surface area contributed by atoms with Crippen molar-refractivity contribution in [2.24, 2.45) is 0 Å². The van der Waals surface area contributed by atoms with Crippen molar-refractivity contribution in [2.75, 3.05) is 18.2 Å². The molecule has 0 fully saturated rings. The van der Waals surface area contributed by atoms with Gasteiger partial charge in [0.2, 0.25) is 5.91 Å². The van der Waals surface area contributed by atoms with Gasteiger partial charge in [0.15, 0.2) is 5.16 Å². The molecule has 0 saturated heterocycles. The van der Waals surface area contributed by atoms with Gasteiger partial charge < -0.3 is 10.1 Å². The fraction of sp³-hybridized carbons (Fsp3) is 0.167. The van der Waals surface area contributed by atoms with Gasteiger partial charge in [-0.3, -0.25) is 9.36 Å². The number of nitrogens with one attached hydrogen (secondary N) is 1. The zero-order valence-electron chi connectivity index (χ0n) is 14.3. The van der Waals surface area contributed by atoms with E-state index in [4.69, 9.17) is 4.74 Å². The number of aromatic nitrogens is 3. The Morgan fingerprint density at radius 1 is 1.31 bits per heavy atom. The van der Waals surface area contributed by atoms with E-state index in [0.29, 0.717) is 10.9 Å². The van der Waals surface area contributed by atoms with Gasteiger partial charge in [-0.2, -0.15) is 0 Å². The molecule has 0 radical (unpaired) electrons. The second-order valence-electron chi connectivity index (χ2n) is 5.48. The number of thioether (sulfide) groups is 1. The number of hydrogen-bond acceptors (Lipinski definition) is 5. The van der Waals surface area contributed by atoms with Crippen molar-refractivity contribution in [3.05, 3.63) is 58.8 Å². The number of amides is 1. The number of carbonyl (C=O) groups is 1. The van der Waals surface area contributed by atoms with E-state index >= 15 is 0 Å². The van der Waals surface area contributed by atoms with Gasteiger partial charge >= 0.3 is 0 Å². The average Bonchev–Trinajstić information content (AvgIpc) is 3.10. The lowest BCUT2D eigenvalue weighted by molar-refractivity contribution is -0.113. The molecule has 8 heteroatoms. The molecule has 1 amide bonds. The molecular formula is C18H17BrN4O2S. The molecule has 0 bridgehead atoms. The highest BCUT2D eigenvalue weighted by Crippen LogP contribution is 2.27. The standard InChI is InChI=1S/C18H17BrN4O2S/c1-12-7-8-14(13(19)9-12)21-17(24)10-26-18-22-20-11-23(18)15-5-3-4-6-16(15)25-2/h3-9,11H,10H2,1-2H3,(H,21,24). The molecule has 0 saturated carbocycles. The van der Waals surface area contributed by atoms with Crippen LogP contribution in [0.15, 0.2) is 58.4 Å². The van der Waals surface area contributed by atoms with Gasteiger partial charge in [-0.1, -0.05) is 30.0 Å². The normalized spacial score (nSPS) is 10.6. The maximum absolute atomic E-state index is 12.3. The Morgan fingerprint density at radius 2 is 2.12 bits per heavy atom. The summed E-state index contributed by atoms with van der Waals surface area (Å²) in [6.07, 6.45) is 1.61. The summed E-state index contributed by atoms with van der Waals surface area (Å²) < 4.78 is 8.04. The fourth-order valence-corrected chi connectivity index (χ4v) is 3.67. The molecule has 1 N–H and O–H groups in total. The number of aryl methyl sites for hydroxylation is 1. The van der Waals surface area contributed by atoms with E-state index in [1.807, 2.05) is 49.4 Å². The third kappa shape index (κ3) is 4.25. The number of anilines is 1. The van der Waals surface area contributed by atoms with Gasteiger partial charge in [-0.25, -0.2) is 0 Å². The summed E-state index contributed by atoms with van der Waals surface area (Å²) in [5.74, 6) is 0.810. The fourth-order valence-electron chi connectivity index (χ4n) is 2.35. The smallest absolute Gasteiger partial charge is 0.234 e. The lowest BCUT2D eigenvalue weighted by atomic mass is 10.2. The summed E-state index contributed by atoms with van der Waals surface area (Å²) in [5, 5.41) is 11.6. The number of ether oxygens (including phenoxy) is 1. The third-order valence-electron chi connectivity index (χ3n) is 3.59. The SMILES string of the molecule is COc1ccccc1-n1cnnc1SCC(=O)Nc1ccc(C)cc1Br. The molecule has 0 spiro atoms. The first-order valence-corrected chi connectivity index (χ1v) is 9.58. The molecule has 0 aliphatic carbocycles. The number of carbonyl (C=O) groups excluding carboxylic acids is 1. The minimum atomic E-state index is -0.117. The summed E-state index contributed by atoms with van der Waals surface area (Å²) in [6, 6.07) is 13.4.